The lowest BCUT2D eigenvalue weighted by atomic mass is 9.77. The van der Waals surface area contributed by atoms with Crippen molar-refractivity contribution in [2.75, 3.05) is 27.5 Å². The van der Waals surface area contributed by atoms with Gasteiger partial charge >= 0.3 is 0 Å². The number of hydrogen-bond donors (Lipinski definition) is 0. The Balaban J connectivity index is 2.74. The second kappa shape index (κ2) is 9.41. The summed E-state index contributed by atoms with van der Waals surface area (Å²) in [4.78, 5) is 0. The van der Waals surface area contributed by atoms with Crippen molar-refractivity contribution < 1.29 is 22.1 Å². The summed E-state index contributed by atoms with van der Waals surface area (Å²) in [5.41, 5.74) is 2.24. The third kappa shape index (κ3) is 5.36. The average molecular weight is 455 g/mol. The molecule has 1 aromatic carbocycles. The third-order valence-corrected chi connectivity index (χ3v) is 8.04. The molecular weight excluding hydrogens is 421 g/mol. The minimum atomic E-state index is -3.47. The van der Waals surface area contributed by atoms with Crippen molar-refractivity contribution in [3.63, 3.8) is 0 Å². The molecule has 1 fully saturated rings. The molecule has 6 nitrogen and oxygen atoms in total. The fourth-order valence-electron chi connectivity index (χ4n) is 3.72. The van der Waals surface area contributed by atoms with Crippen LogP contribution in [0.3, 0.4) is 0 Å². The molecule has 0 amide bonds. The molecule has 0 bridgehead atoms. The van der Waals surface area contributed by atoms with Crippen molar-refractivity contribution >= 4 is 29.0 Å². The molecule has 0 saturated carbocycles. The van der Waals surface area contributed by atoms with Gasteiger partial charge in [0.25, 0.3) is 0 Å². The SMILES string of the molecule is [B]SOC(c1cc(C(C)(C)C)c(OCOC)c(C(C)(C)C)c1)C1CCN(C)S1(=O)=O. The highest BCUT2D eigenvalue weighted by atomic mass is 32.2. The maximum atomic E-state index is 12.9. The van der Waals surface area contributed by atoms with Crippen LogP contribution in [0.5, 0.6) is 5.75 Å². The summed E-state index contributed by atoms with van der Waals surface area (Å²) in [5, 5.41) is -0.690. The smallest absolute Gasteiger partial charge is 0.219 e. The van der Waals surface area contributed by atoms with Gasteiger partial charge in [0.2, 0.25) is 17.1 Å². The predicted molar refractivity (Wildman–Crippen MR) is 123 cm³/mol. The Labute approximate surface area is 187 Å². The summed E-state index contributed by atoms with van der Waals surface area (Å²) in [6, 6.07) is 3.99. The minimum absolute atomic E-state index is 0.131. The summed E-state index contributed by atoms with van der Waals surface area (Å²) < 4.78 is 44.2. The highest BCUT2D eigenvalue weighted by molar-refractivity contribution is 8.15. The van der Waals surface area contributed by atoms with Gasteiger partial charge in [0.05, 0.1) is 0 Å². The lowest BCUT2D eigenvalue weighted by molar-refractivity contribution is 0.0484. The molecule has 168 valence electrons. The first kappa shape index (κ1) is 25.5. The predicted octanol–water partition coefficient (Wildman–Crippen LogP) is 4.09. The quantitative estimate of drug-likeness (QED) is 0.351. The van der Waals surface area contributed by atoms with Crippen LogP contribution in [0.2, 0.25) is 0 Å². The van der Waals surface area contributed by atoms with Crippen LogP contribution in [0.1, 0.15) is 70.8 Å². The van der Waals surface area contributed by atoms with Gasteiger partial charge in [-0.2, -0.15) is 0 Å². The van der Waals surface area contributed by atoms with Gasteiger partial charge in [-0.05, 0) is 34.9 Å². The lowest BCUT2D eigenvalue weighted by Gasteiger charge is -2.32. The van der Waals surface area contributed by atoms with E-state index in [-0.39, 0.29) is 17.6 Å². The molecule has 1 aliphatic rings. The maximum Gasteiger partial charge on any atom is 0.219 e. The summed E-state index contributed by atoms with van der Waals surface area (Å²) >= 11 is 0.704. The van der Waals surface area contributed by atoms with Crippen molar-refractivity contribution in [3.8, 4) is 5.75 Å². The highest BCUT2D eigenvalue weighted by Gasteiger charge is 2.44. The van der Waals surface area contributed by atoms with Gasteiger partial charge in [0, 0.05) is 31.8 Å². The van der Waals surface area contributed by atoms with Crippen LogP contribution in [0.4, 0.5) is 0 Å². The molecule has 2 radical (unpaired) electrons. The van der Waals surface area contributed by atoms with E-state index in [9.17, 15) is 8.42 Å². The molecule has 0 spiro atoms. The zero-order valence-corrected chi connectivity index (χ0v) is 20.9. The molecule has 0 aromatic heterocycles. The Kier molecular flexibility index (Phi) is 8.00. The van der Waals surface area contributed by atoms with Crippen molar-refractivity contribution in [1.82, 2.24) is 4.31 Å². The number of nitrogens with zero attached hydrogens (tertiary/aromatic N) is 1. The van der Waals surface area contributed by atoms with Crippen LogP contribution >= 0.6 is 11.9 Å². The Hall–Kier alpha value is -0.735. The number of ether oxygens (including phenoxy) is 2. The van der Waals surface area contributed by atoms with E-state index in [2.05, 4.69) is 41.5 Å². The minimum Gasteiger partial charge on any atom is -0.467 e. The van der Waals surface area contributed by atoms with Gasteiger partial charge in [-0.3, -0.25) is 0 Å². The zero-order valence-electron chi connectivity index (χ0n) is 19.3. The Bertz CT molecular complexity index is 811. The molecule has 1 aliphatic heterocycles. The van der Waals surface area contributed by atoms with Crippen LogP contribution in [-0.4, -0.2) is 52.6 Å². The number of sulfonamides is 1. The fourth-order valence-corrected chi connectivity index (χ4v) is 5.90. The van der Waals surface area contributed by atoms with Crippen LogP contribution in [0, 0.1) is 0 Å². The largest absolute Gasteiger partial charge is 0.467 e. The zero-order chi connectivity index (χ0) is 22.9. The van der Waals surface area contributed by atoms with E-state index < -0.39 is 21.4 Å². The molecule has 1 aromatic rings. The normalized spacial score (nSPS) is 21.0. The fraction of sp³-hybridized carbons (Fsp3) is 0.714. The van der Waals surface area contributed by atoms with Gasteiger partial charge in [-0.25, -0.2) is 12.7 Å². The van der Waals surface area contributed by atoms with Crippen LogP contribution in [-0.2, 0) is 29.8 Å². The molecular formula is C21H34BNO5S2. The first-order valence-corrected chi connectivity index (χ1v) is 12.3. The molecule has 1 heterocycles. The monoisotopic (exact) mass is 455 g/mol. The molecule has 1 saturated heterocycles. The number of methoxy groups -OCH3 is 1. The number of hydrogen-bond acceptors (Lipinski definition) is 6. The average Bonchev–Trinajstić information content (AvgIpc) is 2.88. The standard InChI is InChI=1S/C21H34BNO5S2/c1-20(2,3)15-11-14(12-16(21(4,5)6)19(15)27-13-26-8)18(28-29-22)17-9-10-23(7)30(17,24)25/h11-12,17-18H,9-10,13H2,1-8H3. The van der Waals surface area contributed by atoms with E-state index in [1.807, 2.05) is 12.1 Å². The van der Waals surface area contributed by atoms with E-state index in [0.717, 1.165) is 22.4 Å². The van der Waals surface area contributed by atoms with E-state index in [1.54, 1.807) is 14.2 Å². The second-order valence-electron chi connectivity index (χ2n) is 9.80. The van der Waals surface area contributed by atoms with Gasteiger partial charge < -0.3 is 13.7 Å². The third-order valence-electron chi connectivity index (χ3n) is 5.42. The van der Waals surface area contributed by atoms with Crippen LogP contribution in [0.15, 0.2) is 12.1 Å². The Morgan fingerprint density at radius 1 is 1.17 bits per heavy atom. The topological polar surface area (TPSA) is 65.1 Å². The molecule has 2 unspecified atom stereocenters. The first-order valence-electron chi connectivity index (χ1n) is 10.0. The van der Waals surface area contributed by atoms with E-state index >= 15 is 0 Å². The van der Waals surface area contributed by atoms with E-state index in [0.29, 0.717) is 24.9 Å². The second-order valence-corrected chi connectivity index (χ2v) is 12.4. The van der Waals surface area contributed by atoms with Crippen molar-refractivity contribution in [1.29, 1.82) is 0 Å². The lowest BCUT2D eigenvalue weighted by Crippen LogP contribution is -2.31. The molecule has 2 rings (SSSR count). The van der Waals surface area contributed by atoms with Crippen molar-refractivity contribution in [2.24, 2.45) is 0 Å². The van der Waals surface area contributed by atoms with Crippen LogP contribution < -0.4 is 4.74 Å². The van der Waals surface area contributed by atoms with Gasteiger partial charge in [-0.1, -0.05) is 53.4 Å². The maximum absolute atomic E-state index is 12.9. The molecule has 0 aliphatic carbocycles. The van der Waals surface area contributed by atoms with E-state index in [4.69, 9.17) is 20.8 Å². The number of benzene rings is 1. The molecule has 9 heteroatoms. The van der Waals surface area contributed by atoms with Crippen molar-refractivity contribution in [3.05, 3.63) is 28.8 Å². The summed E-state index contributed by atoms with van der Waals surface area (Å²) in [6.45, 7) is 13.2. The van der Waals surface area contributed by atoms with Gasteiger partial charge in [0.1, 0.15) is 17.1 Å². The van der Waals surface area contributed by atoms with E-state index in [1.165, 1.54) is 4.31 Å². The summed E-state index contributed by atoms with van der Waals surface area (Å²) in [6.07, 6.45) is -0.199. The van der Waals surface area contributed by atoms with Crippen molar-refractivity contribution in [2.45, 2.75) is 70.1 Å². The number of rotatable bonds is 7. The molecule has 2 atom stereocenters. The summed E-state index contributed by atoms with van der Waals surface area (Å²) in [7, 11) is 5.37. The first-order chi connectivity index (χ1) is 13.7. The summed E-state index contributed by atoms with van der Waals surface area (Å²) in [5.74, 6) is 0.770. The Morgan fingerprint density at radius 3 is 2.07 bits per heavy atom. The van der Waals surface area contributed by atoms with Gasteiger partial charge in [-0.15, -0.1) is 0 Å². The molecule has 30 heavy (non-hydrogen) atoms. The van der Waals surface area contributed by atoms with Crippen LogP contribution in [0.25, 0.3) is 0 Å². The highest BCUT2D eigenvalue weighted by Crippen LogP contribution is 2.44. The molecule has 0 N–H and O–H groups in total. The van der Waals surface area contributed by atoms with Gasteiger partial charge in [0.15, 0.2) is 6.79 Å². The Morgan fingerprint density at radius 2 is 1.70 bits per heavy atom.